The van der Waals surface area contributed by atoms with Crippen LogP contribution in [-0.2, 0) is 10.0 Å². The van der Waals surface area contributed by atoms with Crippen LogP contribution in [0.15, 0.2) is 43.1 Å². The standard InChI is InChI=1S/C27H29N9O3S/c1-18-20(13-30-34-18)4-5-21-12-29-26(11-24(21)35-10-2-3-19(15-35)17-37)32-25-8-9-28-27(33-25)22-14-31-36(16-22)40(38,39)23-6-7-23/h8-9,11-14,16,19,23,37H,2-3,6-7,10,15,17H2,1H3,(H,30,34)(H,28,29,32,33). The van der Waals surface area contributed by atoms with E-state index in [4.69, 9.17) is 0 Å². The average Bonchev–Trinajstić information content (AvgIpc) is 3.58. The molecule has 1 saturated heterocycles. The van der Waals surface area contributed by atoms with Crippen molar-refractivity contribution in [2.24, 2.45) is 5.92 Å². The van der Waals surface area contributed by atoms with E-state index in [0.29, 0.717) is 35.9 Å². The number of H-pyrrole nitrogens is 1. The highest BCUT2D eigenvalue weighted by Gasteiger charge is 2.37. The van der Waals surface area contributed by atoms with Gasteiger partial charge in [-0.3, -0.25) is 5.10 Å². The van der Waals surface area contributed by atoms with E-state index < -0.39 is 10.0 Å². The molecule has 1 saturated carbocycles. The van der Waals surface area contributed by atoms with Gasteiger partial charge in [0.05, 0.1) is 46.2 Å². The molecule has 0 radical (unpaired) electrons. The normalized spacial score (nSPS) is 17.4. The third-order valence-electron chi connectivity index (χ3n) is 7.10. The Hall–Kier alpha value is -4.28. The molecule has 4 aromatic heterocycles. The first kappa shape index (κ1) is 26.0. The summed E-state index contributed by atoms with van der Waals surface area (Å²) in [6.07, 6.45) is 11.2. The molecular formula is C27H29N9O3S. The molecule has 0 bridgehead atoms. The van der Waals surface area contributed by atoms with Crippen LogP contribution in [0.5, 0.6) is 0 Å². The molecule has 2 fully saturated rings. The zero-order valence-electron chi connectivity index (χ0n) is 21.9. The van der Waals surface area contributed by atoms with Gasteiger partial charge >= 0.3 is 0 Å². The lowest BCUT2D eigenvalue weighted by atomic mass is 9.98. The Morgan fingerprint density at radius 1 is 1.12 bits per heavy atom. The maximum absolute atomic E-state index is 12.5. The summed E-state index contributed by atoms with van der Waals surface area (Å²) in [6, 6.07) is 3.66. The zero-order chi connectivity index (χ0) is 27.7. The van der Waals surface area contributed by atoms with E-state index in [1.54, 1.807) is 24.7 Å². The van der Waals surface area contributed by atoms with Gasteiger partial charge in [0, 0.05) is 43.9 Å². The van der Waals surface area contributed by atoms with Crippen LogP contribution in [0, 0.1) is 24.7 Å². The van der Waals surface area contributed by atoms with Crippen LogP contribution in [0.2, 0.25) is 0 Å². The molecule has 2 aliphatic rings. The molecule has 3 N–H and O–H groups in total. The SMILES string of the molecule is Cc1[nH]ncc1C#Cc1cnc(Nc2ccnc(-c3cnn(S(=O)(=O)C4CC4)c3)n2)cc1N1CCCC(CO)C1. The largest absolute Gasteiger partial charge is 0.396 e. The van der Waals surface area contributed by atoms with Crippen molar-refractivity contribution < 1.29 is 13.5 Å². The monoisotopic (exact) mass is 559 g/mol. The number of piperidine rings is 1. The third-order valence-corrected chi connectivity index (χ3v) is 9.13. The summed E-state index contributed by atoms with van der Waals surface area (Å²) < 4.78 is 26.0. The lowest BCUT2D eigenvalue weighted by Gasteiger charge is -2.34. The van der Waals surface area contributed by atoms with Crippen LogP contribution < -0.4 is 10.2 Å². The maximum Gasteiger partial charge on any atom is 0.256 e. The van der Waals surface area contributed by atoms with E-state index in [1.165, 1.54) is 12.4 Å². The summed E-state index contributed by atoms with van der Waals surface area (Å²) in [5, 5.41) is 23.7. The van der Waals surface area contributed by atoms with Crippen molar-refractivity contribution >= 4 is 27.3 Å². The van der Waals surface area contributed by atoms with Crippen molar-refractivity contribution in [1.29, 1.82) is 0 Å². The molecule has 1 aliphatic heterocycles. The Bertz CT molecular complexity index is 1700. The molecule has 0 amide bonds. The second kappa shape index (κ2) is 10.7. The molecule has 4 aromatic rings. The first-order chi connectivity index (χ1) is 19.4. The van der Waals surface area contributed by atoms with Crippen molar-refractivity contribution in [1.82, 2.24) is 34.3 Å². The minimum absolute atomic E-state index is 0.143. The predicted octanol–water partition coefficient (Wildman–Crippen LogP) is 2.46. The Kier molecular flexibility index (Phi) is 6.95. The maximum atomic E-state index is 12.5. The number of anilines is 3. The smallest absolute Gasteiger partial charge is 0.256 e. The first-order valence-electron chi connectivity index (χ1n) is 13.2. The Morgan fingerprint density at radius 2 is 1.98 bits per heavy atom. The Labute approximate surface area is 231 Å². The van der Waals surface area contributed by atoms with Crippen LogP contribution in [0.1, 0.15) is 42.5 Å². The summed E-state index contributed by atoms with van der Waals surface area (Å²) in [5.74, 6) is 8.05. The number of hydrogen-bond acceptors (Lipinski definition) is 10. The molecule has 40 heavy (non-hydrogen) atoms. The molecule has 13 heteroatoms. The van der Waals surface area contributed by atoms with Gasteiger partial charge in [-0.2, -0.15) is 14.3 Å². The average molecular weight is 560 g/mol. The number of rotatable bonds is 7. The Morgan fingerprint density at radius 3 is 2.75 bits per heavy atom. The van der Waals surface area contributed by atoms with E-state index in [0.717, 1.165) is 52.5 Å². The van der Waals surface area contributed by atoms with Crippen molar-refractivity contribution in [3.63, 3.8) is 0 Å². The number of aromatic nitrogens is 7. The zero-order valence-corrected chi connectivity index (χ0v) is 22.8. The number of aliphatic hydroxyl groups excluding tert-OH is 1. The van der Waals surface area contributed by atoms with Crippen molar-refractivity contribution in [3.8, 4) is 23.2 Å². The molecule has 0 aromatic carbocycles. The number of hydrogen-bond donors (Lipinski definition) is 3. The van der Waals surface area contributed by atoms with Gasteiger partial charge in [-0.25, -0.2) is 23.4 Å². The second-order valence-electron chi connectivity index (χ2n) is 10.1. The first-order valence-corrected chi connectivity index (χ1v) is 14.7. The molecule has 1 unspecified atom stereocenters. The van der Waals surface area contributed by atoms with Crippen molar-refractivity contribution in [2.75, 3.05) is 29.9 Å². The summed E-state index contributed by atoms with van der Waals surface area (Å²) in [4.78, 5) is 15.7. The van der Waals surface area contributed by atoms with Crippen molar-refractivity contribution in [3.05, 3.63) is 59.9 Å². The summed E-state index contributed by atoms with van der Waals surface area (Å²) in [5.41, 5.74) is 3.92. The van der Waals surface area contributed by atoms with Crippen LogP contribution in [-0.4, -0.2) is 72.8 Å². The van der Waals surface area contributed by atoms with E-state index in [9.17, 15) is 13.5 Å². The van der Waals surface area contributed by atoms with Crippen LogP contribution in [0.25, 0.3) is 11.4 Å². The fourth-order valence-corrected chi connectivity index (χ4v) is 6.17. The van der Waals surface area contributed by atoms with Gasteiger partial charge in [-0.1, -0.05) is 11.8 Å². The van der Waals surface area contributed by atoms with Crippen LogP contribution >= 0.6 is 0 Å². The molecule has 12 nitrogen and oxygen atoms in total. The second-order valence-corrected chi connectivity index (χ2v) is 12.2. The van der Waals surface area contributed by atoms with Gasteiger partial charge in [0.15, 0.2) is 5.82 Å². The number of nitrogens with zero attached hydrogens (tertiary/aromatic N) is 7. The van der Waals surface area contributed by atoms with Gasteiger partial charge in [0.25, 0.3) is 10.0 Å². The number of nitrogens with one attached hydrogen (secondary N) is 2. The summed E-state index contributed by atoms with van der Waals surface area (Å²) in [6.45, 7) is 3.65. The molecule has 0 spiro atoms. The minimum atomic E-state index is -3.47. The molecular weight excluding hydrogens is 530 g/mol. The van der Waals surface area contributed by atoms with E-state index in [2.05, 4.69) is 52.3 Å². The molecule has 5 heterocycles. The topological polar surface area (TPSA) is 155 Å². The van der Waals surface area contributed by atoms with Gasteiger partial charge < -0.3 is 15.3 Å². The number of aromatic amines is 1. The van der Waals surface area contributed by atoms with E-state index >= 15 is 0 Å². The highest BCUT2D eigenvalue weighted by Crippen LogP contribution is 2.31. The van der Waals surface area contributed by atoms with Gasteiger partial charge in [0.2, 0.25) is 0 Å². The van der Waals surface area contributed by atoms with E-state index in [-0.39, 0.29) is 17.8 Å². The highest BCUT2D eigenvalue weighted by atomic mass is 32.2. The number of pyridine rings is 1. The Balaban J connectivity index is 1.28. The van der Waals surface area contributed by atoms with Gasteiger partial charge in [-0.05, 0) is 44.6 Å². The van der Waals surface area contributed by atoms with Crippen LogP contribution in [0.4, 0.5) is 17.3 Å². The minimum Gasteiger partial charge on any atom is -0.396 e. The molecule has 6 rings (SSSR count). The lowest BCUT2D eigenvalue weighted by molar-refractivity contribution is 0.208. The highest BCUT2D eigenvalue weighted by molar-refractivity contribution is 7.90. The van der Waals surface area contributed by atoms with Crippen molar-refractivity contribution in [2.45, 2.75) is 37.9 Å². The molecule has 1 aliphatic carbocycles. The fourth-order valence-electron chi connectivity index (χ4n) is 4.69. The predicted molar refractivity (Wildman–Crippen MR) is 149 cm³/mol. The fraction of sp³-hybridized carbons (Fsp3) is 0.370. The van der Waals surface area contributed by atoms with Gasteiger partial charge in [-0.15, -0.1) is 0 Å². The van der Waals surface area contributed by atoms with Gasteiger partial charge in [0.1, 0.15) is 11.6 Å². The lowest BCUT2D eigenvalue weighted by Crippen LogP contribution is -2.37. The molecule has 1 atom stereocenters. The van der Waals surface area contributed by atoms with Crippen LogP contribution in [0.3, 0.4) is 0 Å². The number of aliphatic hydroxyl groups is 1. The summed E-state index contributed by atoms with van der Waals surface area (Å²) >= 11 is 0. The summed E-state index contributed by atoms with van der Waals surface area (Å²) in [7, 11) is -3.47. The third kappa shape index (κ3) is 5.41. The molecule has 206 valence electrons. The van der Waals surface area contributed by atoms with E-state index in [1.807, 2.05) is 13.0 Å². The number of aryl methyl sites for hydroxylation is 1. The quantitative estimate of drug-likeness (QED) is 0.288.